The zero-order chi connectivity index (χ0) is 13.8. The van der Waals surface area contributed by atoms with Crippen molar-refractivity contribution in [2.45, 2.75) is 26.4 Å². The molecule has 0 aliphatic carbocycles. The molecule has 7 nitrogen and oxygen atoms in total. The predicted molar refractivity (Wildman–Crippen MR) is 64.9 cm³/mol. The molecule has 8 heteroatoms. The summed E-state index contributed by atoms with van der Waals surface area (Å²) in [6.07, 6.45) is 1.01. The van der Waals surface area contributed by atoms with Crippen LogP contribution >= 0.6 is 11.6 Å². The first-order chi connectivity index (χ1) is 8.29. The maximum Gasteiger partial charge on any atom is 0.349 e. The Hall–Kier alpha value is -1.47. The number of rotatable bonds is 5. The highest BCUT2D eigenvalue weighted by Crippen LogP contribution is 2.24. The smallest absolute Gasteiger partial charge is 0.349 e. The lowest BCUT2D eigenvalue weighted by Crippen LogP contribution is -2.22. The molecule has 1 aromatic rings. The van der Waals surface area contributed by atoms with E-state index in [0.29, 0.717) is 6.61 Å². The Bertz CT molecular complexity index is 434. The highest BCUT2D eigenvalue weighted by atomic mass is 35.5. The summed E-state index contributed by atoms with van der Waals surface area (Å²) in [7, 11) is 0. The van der Waals surface area contributed by atoms with Crippen LogP contribution in [0.3, 0.4) is 0 Å². The number of nitrogens with zero attached hydrogens (tertiary/aromatic N) is 3. The van der Waals surface area contributed by atoms with Crippen LogP contribution in [0.4, 0.5) is 5.69 Å². The van der Waals surface area contributed by atoms with E-state index in [1.807, 2.05) is 20.8 Å². The maximum absolute atomic E-state index is 10.7. The maximum atomic E-state index is 10.7. The minimum atomic E-state index is -0.629. The number of hydrogen-bond acceptors (Lipinski definition) is 6. The molecule has 0 amide bonds. The molecule has 0 radical (unpaired) electrons. The minimum absolute atomic E-state index is 0.104. The van der Waals surface area contributed by atoms with Gasteiger partial charge in [0.15, 0.2) is 0 Å². The van der Waals surface area contributed by atoms with Crippen LogP contribution in [0.15, 0.2) is 6.20 Å². The number of halogens is 1. The second kappa shape index (κ2) is 5.92. The van der Waals surface area contributed by atoms with E-state index in [1.54, 1.807) is 0 Å². The predicted octanol–water partition coefficient (Wildman–Crippen LogP) is 2.23. The normalized spacial score (nSPS) is 11.3. The summed E-state index contributed by atoms with van der Waals surface area (Å²) in [5, 5.41) is 10.6. The molecular formula is C10H14ClN3O4. The molecule has 1 rings (SSSR count). The molecule has 0 N–H and O–H groups in total. The first kappa shape index (κ1) is 14.6. The molecule has 0 aromatic carbocycles. The molecule has 0 aliphatic rings. The molecule has 100 valence electrons. The van der Waals surface area contributed by atoms with Crippen molar-refractivity contribution in [2.24, 2.45) is 0 Å². The van der Waals surface area contributed by atoms with Crippen LogP contribution in [0.5, 0.6) is 5.88 Å². The molecule has 0 aliphatic heterocycles. The van der Waals surface area contributed by atoms with Crippen LogP contribution in [0, 0.1) is 10.1 Å². The fourth-order valence-electron chi connectivity index (χ4n) is 1.06. The summed E-state index contributed by atoms with van der Waals surface area (Å²) in [4.78, 5) is 17.3. The van der Waals surface area contributed by atoms with Gasteiger partial charge in [-0.1, -0.05) is 0 Å². The molecular weight excluding hydrogens is 262 g/mol. The third-order valence-electron chi connectivity index (χ3n) is 1.76. The molecule has 0 saturated heterocycles. The van der Waals surface area contributed by atoms with Gasteiger partial charge in [-0.05, 0) is 32.4 Å². The molecule has 1 heterocycles. The zero-order valence-electron chi connectivity index (χ0n) is 10.3. The van der Waals surface area contributed by atoms with Crippen molar-refractivity contribution in [1.29, 1.82) is 0 Å². The second-order valence-corrected chi connectivity index (χ2v) is 4.73. The van der Waals surface area contributed by atoms with E-state index < -0.39 is 4.92 Å². The van der Waals surface area contributed by atoms with Crippen LogP contribution in [0.1, 0.15) is 20.8 Å². The SMILES string of the molecule is CC(C)(C)OCCOc1nc(Cl)ncc1[N+](=O)[O-]. The van der Waals surface area contributed by atoms with Crippen LogP contribution in [0.25, 0.3) is 0 Å². The first-order valence-corrected chi connectivity index (χ1v) is 5.61. The molecule has 0 bridgehead atoms. The van der Waals surface area contributed by atoms with E-state index in [2.05, 4.69) is 9.97 Å². The van der Waals surface area contributed by atoms with Crippen molar-refractivity contribution in [2.75, 3.05) is 13.2 Å². The molecule has 0 unspecified atom stereocenters. The molecule has 0 spiro atoms. The molecule has 0 fully saturated rings. The van der Waals surface area contributed by atoms with Crippen molar-refractivity contribution in [1.82, 2.24) is 9.97 Å². The van der Waals surface area contributed by atoms with Gasteiger partial charge in [0, 0.05) is 0 Å². The van der Waals surface area contributed by atoms with E-state index >= 15 is 0 Å². The summed E-state index contributed by atoms with van der Waals surface area (Å²) in [5.41, 5.74) is -0.617. The average molecular weight is 276 g/mol. The average Bonchev–Trinajstić information content (AvgIpc) is 2.22. The van der Waals surface area contributed by atoms with E-state index in [4.69, 9.17) is 21.1 Å². The van der Waals surface area contributed by atoms with Crippen molar-refractivity contribution in [3.8, 4) is 5.88 Å². The van der Waals surface area contributed by atoms with Gasteiger partial charge in [-0.3, -0.25) is 10.1 Å². The summed E-state index contributed by atoms with van der Waals surface area (Å²) < 4.78 is 10.6. The van der Waals surface area contributed by atoms with E-state index in [-0.39, 0.29) is 29.1 Å². The monoisotopic (exact) mass is 275 g/mol. The Morgan fingerprint density at radius 1 is 1.44 bits per heavy atom. The van der Waals surface area contributed by atoms with Gasteiger partial charge in [-0.25, -0.2) is 4.98 Å². The minimum Gasteiger partial charge on any atom is -0.470 e. The lowest BCUT2D eigenvalue weighted by atomic mass is 10.2. The van der Waals surface area contributed by atoms with E-state index in [0.717, 1.165) is 6.20 Å². The van der Waals surface area contributed by atoms with Crippen LogP contribution in [-0.4, -0.2) is 33.7 Å². The van der Waals surface area contributed by atoms with Crippen LogP contribution in [0.2, 0.25) is 5.28 Å². The lowest BCUT2D eigenvalue weighted by molar-refractivity contribution is -0.386. The Morgan fingerprint density at radius 2 is 2.11 bits per heavy atom. The fraction of sp³-hybridized carbons (Fsp3) is 0.600. The summed E-state index contributed by atoms with van der Waals surface area (Å²) in [5.74, 6) is -0.155. The van der Waals surface area contributed by atoms with Crippen LogP contribution in [-0.2, 0) is 4.74 Å². The van der Waals surface area contributed by atoms with Gasteiger partial charge in [0.25, 0.3) is 5.88 Å². The van der Waals surface area contributed by atoms with E-state index in [9.17, 15) is 10.1 Å². The fourth-order valence-corrected chi connectivity index (χ4v) is 1.18. The highest BCUT2D eigenvalue weighted by Gasteiger charge is 2.18. The topological polar surface area (TPSA) is 87.4 Å². The number of aromatic nitrogens is 2. The quantitative estimate of drug-likeness (QED) is 0.354. The third-order valence-corrected chi connectivity index (χ3v) is 1.94. The van der Waals surface area contributed by atoms with Crippen LogP contribution < -0.4 is 4.74 Å². The second-order valence-electron chi connectivity index (χ2n) is 4.40. The lowest BCUT2D eigenvalue weighted by Gasteiger charge is -2.19. The Morgan fingerprint density at radius 3 is 2.67 bits per heavy atom. The Balaban J connectivity index is 2.61. The van der Waals surface area contributed by atoms with Gasteiger partial charge in [0.1, 0.15) is 12.8 Å². The Kier molecular flexibility index (Phi) is 4.80. The van der Waals surface area contributed by atoms with Gasteiger partial charge in [-0.15, -0.1) is 0 Å². The van der Waals surface area contributed by atoms with Gasteiger partial charge in [0.2, 0.25) is 5.28 Å². The van der Waals surface area contributed by atoms with E-state index in [1.165, 1.54) is 0 Å². The zero-order valence-corrected chi connectivity index (χ0v) is 11.1. The summed E-state index contributed by atoms with van der Waals surface area (Å²) in [6, 6.07) is 0. The van der Waals surface area contributed by atoms with Crippen molar-refractivity contribution in [3.05, 3.63) is 21.6 Å². The standard InChI is InChI=1S/C10H14ClN3O4/c1-10(2,3)18-5-4-17-8-7(14(15)16)6-12-9(11)13-8/h6H,4-5H2,1-3H3. The van der Waals surface area contributed by atoms with Crippen molar-refractivity contribution >= 4 is 17.3 Å². The van der Waals surface area contributed by atoms with Gasteiger partial charge >= 0.3 is 5.69 Å². The van der Waals surface area contributed by atoms with Crippen molar-refractivity contribution < 1.29 is 14.4 Å². The third kappa shape index (κ3) is 4.80. The number of nitro groups is 1. The van der Waals surface area contributed by atoms with Crippen molar-refractivity contribution in [3.63, 3.8) is 0 Å². The number of hydrogen-bond donors (Lipinski definition) is 0. The molecule has 18 heavy (non-hydrogen) atoms. The highest BCUT2D eigenvalue weighted by molar-refractivity contribution is 6.28. The Labute approximate surface area is 109 Å². The summed E-state index contributed by atoms with van der Waals surface area (Å²) >= 11 is 5.55. The molecule has 1 aromatic heterocycles. The first-order valence-electron chi connectivity index (χ1n) is 5.23. The van der Waals surface area contributed by atoms with Gasteiger partial charge < -0.3 is 9.47 Å². The van der Waals surface area contributed by atoms with Gasteiger partial charge in [-0.2, -0.15) is 4.98 Å². The number of ether oxygens (including phenoxy) is 2. The van der Waals surface area contributed by atoms with Gasteiger partial charge in [0.05, 0.1) is 17.1 Å². The summed E-state index contributed by atoms with van der Waals surface area (Å²) in [6.45, 7) is 6.14. The molecule has 0 atom stereocenters. The largest absolute Gasteiger partial charge is 0.470 e. The molecule has 0 saturated carbocycles.